The van der Waals surface area contributed by atoms with Gasteiger partial charge in [0.15, 0.2) is 11.6 Å². The van der Waals surface area contributed by atoms with Crippen molar-refractivity contribution in [2.75, 3.05) is 25.5 Å². The molecule has 0 bridgehead atoms. The van der Waals surface area contributed by atoms with E-state index in [9.17, 15) is 4.39 Å². The highest BCUT2D eigenvalue weighted by Crippen LogP contribution is 2.22. The van der Waals surface area contributed by atoms with Crippen molar-refractivity contribution in [1.29, 1.82) is 0 Å². The van der Waals surface area contributed by atoms with Crippen LogP contribution in [-0.2, 0) is 0 Å². The fourth-order valence-electron chi connectivity index (χ4n) is 1.61. The first-order valence-corrected chi connectivity index (χ1v) is 5.86. The van der Waals surface area contributed by atoms with Crippen LogP contribution >= 0.6 is 0 Å². The van der Waals surface area contributed by atoms with Crippen molar-refractivity contribution in [1.82, 2.24) is 0 Å². The molecule has 0 saturated carbocycles. The molecule has 3 N–H and O–H groups in total. The number of halogens is 1. The lowest BCUT2D eigenvalue weighted by atomic mass is 9.96. The third kappa shape index (κ3) is 3.89. The summed E-state index contributed by atoms with van der Waals surface area (Å²) >= 11 is 0. The summed E-state index contributed by atoms with van der Waals surface area (Å²) in [5, 5.41) is 3.25. The van der Waals surface area contributed by atoms with Gasteiger partial charge in [-0.3, -0.25) is 0 Å². The van der Waals surface area contributed by atoms with Crippen LogP contribution in [0.1, 0.15) is 13.8 Å². The molecule has 0 aliphatic carbocycles. The first kappa shape index (κ1) is 13.8. The van der Waals surface area contributed by atoms with Crippen molar-refractivity contribution in [2.45, 2.75) is 13.8 Å². The van der Waals surface area contributed by atoms with Crippen LogP contribution < -0.4 is 15.8 Å². The molecule has 0 saturated heterocycles. The van der Waals surface area contributed by atoms with Gasteiger partial charge in [-0.25, -0.2) is 4.39 Å². The number of hydrogen-bond acceptors (Lipinski definition) is 3. The second-order valence-corrected chi connectivity index (χ2v) is 4.47. The van der Waals surface area contributed by atoms with Crippen LogP contribution in [0.4, 0.5) is 10.1 Å². The Hall–Kier alpha value is -1.29. The smallest absolute Gasteiger partial charge is 0.165 e. The zero-order chi connectivity index (χ0) is 12.8. The van der Waals surface area contributed by atoms with Gasteiger partial charge in [0.2, 0.25) is 0 Å². The maximum absolute atomic E-state index is 13.2. The SMILES string of the molecule is COc1cc(NCC(CN)C(C)C)ccc1F. The summed E-state index contributed by atoms with van der Waals surface area (Å²) in [6.45, 7) is 5.71. The summed E-state index contributed by atoms with van der Waals surface area (Å²) in [5.74, 6) is 0.835. The molecule has 0 heterocycles. The fraction of sp³-hybridized carbons (Fsp3) is 0.538. The Labute approximate surface area is 102 Å². The highest BCUT2D eigenvalue weighted by molar-refractivity contribution is 5.48. The maximum atomic E-state index is 13.2. The molecule has 1 rings (SSSR count). The minimum atomic E-state index is -0.350. The van der Waals surface area contributed by atoms with Gasteiger partial charge in [-0.1, -0.05) is 13.8 Å². The summed E-state index contributed by atoms with van der Waals surface area (Å²) in [7, 11) is 1.46. The van der Waals surface area contributed by atoms with Gasteiger partial charge in [0.05, 0.1) is 7.11 Å². The summed E-state index contributed by atoms with van der Waals surface area (Å²) in [4.78, 5) is 0. The molecule has 0 amide bonds. The first-order chi connectivity index (χ1) is 8.08. The van der Waals surface area contributed by atoms with E-state index in [2.05, 4.69) is 19.2 Å². The van der Waals surface area contributed by atoms with E-state index in [0.29, 0.717) is 18.4 Å². The van der Waals surface area contributed by atoms with E-state index in [1.54, 1.807) is 12.1 Å². The number of anilines is 1. The molecule has 0 aliphatic heterocycles. The van der Waals surface area contributed by atoms with E-state index in [4.69, 9.17) is 10.5 Å². The highest BCUT2D eigenvalue weighted by atomic mass is 19.1. The van der Waals surface area contributed by atoms with E-state index >= 15 is 0 Å². The van der Waals surface area contributed by atoms with Crippen molar-refractivity contribution in [3.05, 3.63) is 24.0 Å². The second-order valence-electron chi connectivity index (χ2n) is 4.47. The third-order valence-corrected chi connectivity index (χ3v) is 2.97. The lowest BCUT2D eigenvalue weighted by Gasteiger charge is -2.20. The minimum absolute atomic E-state index is 0.254. The quantitative estimate of drug-likeness (QED) is 0.803. The molecule has 3 nitrogen and oxygen atoms in total. The Kier molecular flexibility index (Phi) is 5.22. The predicted octanol–water partition coefficient (Wildman–Crippen LogP) is 2.48. The van der Waals surface area contributed by atoms with E-state index in [-0.39, 0.29) is 11.6 Å². The first-order valence-electron chi connectivity index (χ1n) is 5.86. The number of rotatable bonds is 6. The largest absolute Gasteiger partial charge is 0.494 e. The topological polar surface area (TPSA) is 47.3 Å². The molecule has 0 aliphatic rings. The normalized spacial score (nSPS) is 12.6. The van der Waals surface area contributed by atoms with Crippen molar-refractivity contribution in [3.8, 4) is 5.75 Å². The van der Waals surface area contributed by atoms with Gasteiger partial charge in [0.25, 0.3) is 0 Å². The van der Waals surface area contributed by atoms with Gasteiger partial charge >= 0.3 is 0 Å². The van der Waals surface area contributed by atoms with Crippen LogP contribution in [0, 0.1) is 17.7 Å². The molecule has 0 radical (unpaired) electrons. The third-order valence-electron chi connectivity index (χ3n) is 2.97. The van der Waals surface area contributed by atoms with Crippen LogP contribution in [0.3, 0.4) is 0 Å². The van der Waals surface area contributed by atoms with E-state index in [0.717, 1.165) is 12.2 Å². The number of benzene rings is 1. The fourth-order valence-corrected chi connectivity index (χ4v) is 1.61. The average Bonchev–Trinajstić information content (AvgIpc) is 2.31. The lowest BCUT2D eigenvalue weighted by molar-refractivity contribution is 0.386. The lowest BCUT2D eigenvalue weighted by Crippen LogP contribution is -2.27. The Morgan fingerprint density at radius 1 is 1.41 bits per heavy atom. The van der Waals surface area contributed by atoms with Crippen LogP contribution in [-0.4, -0.2) is 20.2 Å². The summed E-state index contributed by atoms with van der Waals surface area (Å²) in [6.07, 6.45) is 0. The average molecular weight is 240 g/mol. The number of hydrogen-bond donors (Lipinski definition) is 2. The second kappa shape index (κ2) is 6.45. The van der Waals surface area contributed by atoms with Crippen LogP contribution in [0.15, 0.2) is 18.2 Å². The summed E-state index contributed by atoms with van der Waals surface area (Å²) < 4.78 is 18.1. The van der Waals surface area contributed by atoms with E-state index < -0.39 is 0 Å². The maximum Gasteiger partial charge on any atom is 0.165 e. The number of ether oxygens (including phenoxy) is 1. The molecular formula is C13H21FN2O. The number of nitrogens with two attached hydrogens (primary N) is 1. The van der Waals surface area contributed by atoms with Crippen LogP contribution in [0.5, 0.6) is 5.75 Å². The number of methoxy groups -OCH3 is 1. The van der Waals surface area contributed by atoms with Crippen molar-refractivity contribution in [2.24, 2.45) is 17.6 Å². The molecule has 4 heteroatoms. The van der Waals surface area contributed by atoms with Gasteiger partial charge in [-0.2, -0.15) is 0 Å². The van der Waals surface area contributed by atoms with Gasteiger partial charge in [-0.05, 0) is 30.5 Å². The van der Waals surface area contributed by atoms with Gasteiger partial charge in [0, 0.05) is 18.3 Å². The van der Waals surface area contributed by atoms with E-state index in [1.807, 2.05) is 0 Å². The Bertz CT molecular complexity index is 355. The summed E-state index contributed by atoms with van der Waals surface area (Å²) in [5.41, 5.74) is 6.54. The van der Waals surface area contributed by atoms with E-state index in [1.165, 1.54) is 13.2 Å². The molecule has 1 unspecified atom stereocenters. The molecule has 1 aromatic carbocycles. The zero-order valence-electron chi connectivity index (χ0n) is 10.7. The molecule has 0 spiro atoms. The minimum Gasteiger partial charge on any atom is -0.494 e. The number of nitrogens with one attached hydrogen (secondary N) is 1. The Morgan fingerprint density at radius 3 is 2.65 bits per heavy atom. The Morgan fingerprint density at radius 2 is 2.12 bits per heavy atom. The molecule has 1 atom stereocenters. The molecular weight excluding hydrogens is 219 g/mol. The monoisotopic (exact) mass is 240 g/mol. The van der Waals surface area contributed by atoms with Gasteiger partial charge in [0.1, 0.15) is 0 Å². The van der Waals surface area contributed by atoms with Crippen LogP contribution in [0.25, 0.3) is 0 Å². The molecule has 96 valence electrons. The van der Waals surface area contributed by atoms with Gasteiger partial charge < -0.3 is 15.8 Å². The summed E-state index contributed by atoms with van der Waals surface area (Å²) in [6, 6.07) is 4.75. The Balaban J connectivity index is 2.63. The zero-order valence-corrected chi connectivity index (χ0v) is 10.7. The van der Waals surface area contributed by atoms with Crippen LogP contribution in [0.2, 0.25) is 0 Å². The highest BCUT2D eigenvalue weighted by Gasteiger charge is 2.11. The predicted molar refractivity (Wildman–Crippen MR) is 68.8 cm³/mol. The van der Waals surface area contributed by atoms with Gasteiger partial charge in [-0.15, -0.1) is 0 Å². The van der Waals surface area contributed by atoms with Crippen molar-refractivity contribution >= 4 is 5.69 Å². The molecule has 17 heavy (non-hydrogen) atoms. The van der Waals surface area contributed by atoms with Crippen molar-refractivity contribution < 1.29 is 9.13 Å². The molecule has 1 aromatic rings. The molecule has 0 aromatic heterocycles. The molecule has 0 fully saturated rings. The standard InChI is InChI=1S/C13H21FN2O/c1-9(2)10(7-15)8-16-11-4-5-12(14)13(6-11)17-3/h4-6,9-10,16H,7-8,15H2,1-3H3. The van der Waals surface area contributed by atoms with Crippen molar-refractivity contribution in [3.63, 3.8) is 0 Å².